The third-order valence-corrected chi connectivity index (χ3v) is 5.09. The highest BCUT2D eigenvalue weighted by Gasteiger charge is 2.24. The van der Waals surface area contributed by atoms with E-state index in [-0.39, 0.29) is 12.5 Å². The molecule has 7 heteroatoms. The maximum Gasteiger partial charge on any atom is 0.260 e. The number of nitrogens with two attached hydrogens (primary N) is 1. The van der Waals surface area contributed by atoms with E-state index in [4.69, 9.17) is 10.5 Å². The van der Waals surface area contributed by atoms with E-state index in [0.717, 1.165) is 32.7 Å². The van der Waals surface area contributed by atoms with Crippen molar-refractivity contribution in [1.82, 2.24) is 4.90 Å². The average Bonchev–Trinajstić information content (AvgIpc) is 3.13. The van der Waals surface area contributed by atoms with Crippen LogP contribution in [0.4, 0.5) is 0 Å². The second-order valence-electron chi connectivity index (χ2n) is 6.09. The molecule has 0 atom stereocenters. The van der Waals surface area contributed by atoms with E-state index in [2.05, 4.69) is 16.8 Å². The number of benzene rings is 1. The number of primary amides is 1. The molecule has 2 amide bonds. The van der Waals surface area contributed by atoms with Gasteiger partial charge in [-0.05, 0) is 29.0 Å². The SMILES string of the molecule is NC(=O)c1ccccc1OCC(=O)N1CC[NH+](Cc2ccsc2)CC1. The summed E-state index contributed by atoms with van der Waals surface area (Å²) in [5, 5.41) is 4.27. The van der Waals surface area contributed by atoms with Crippen molar-refractivity contribution < 1.29 is 19.2 Å². The maximum absolute atomic E-state index is 12.4. The van der Waals surface area contributed by atoms with Crippen LogP contribution in [0, 0.1) is 0 Å². The Labute approximate surface area is 150 Å². The first-order valence-electron chi connectivity index (χ1n) is 8.27. The zero-order chi connectivity index (χ0) is 17.6. The summed E-state index contributed by atoms with van der Waals surface area (Å²) in [7, 11) is 0. The quantitative estimate of drug-likeness (QED) is 0.770. The number of para-hydroxylation sites is 1. The van der Waals surface area contributed by atoms with Crippen molar-refractivity contribution in [1.29, 1.82) is 0 Å². The highest BCUT2D eigenvalue weighted by atomic mass is 32.1. The summed E-state index contributed by atoms with van der Waals surface area (Å²) in [4.78, 5) is 27.0. The molecule has 0 radical (unpaired) electrons. The lowest BCUT2D eigenvalue weighted by Crippen LogP contribution is -3.13. The maximum atomic E-state index is 12.4. The van der Waals surface area contributed by atoms with Crippen LogP contribution in [0.15, 0.2) is 41.1 Å². The Kier molecular flexibility index (Phi) is 5.67. The minimum absolute atomic E-state index is 0.0612. The van der Waals surface area contributed by atoms with E-state index in [1.807, 2.05) is 4.90 Å². The lowest BCUT2D eigenvalue weighted by atomic mass is 10.2. The van der Waals surface area contributed by atoms with Crippen molar-refractivity contribution in [2.45, 2.75) is 6.54 Å². The van der Waals surface area contributed by atoms with E-state index in [9.17, 15) is 9.59 Å². The Morgan fingerprint density at radius 1 is 1.20 bits per heavy atom. The van der Waals surface area contributed by atoms with Gasteiger partial charge in [0.25, 0.3) is 11.8 Å². The zero-order valence-electron chi connectivity index (χ0n) is 13.9. The first-order valence-corrected chi connectivity index (χ1v) is 9.22. The van der Waals surface area contributed by atoms with Crippen molar-refractivity contribution in [2.24, 2.45) is 5.73 Å². The van der Waals surface area contributed by atoms with Gasteiger partial charge >= 0.3 is 0 Å². The molecular formula is C18H22N3O3S+. The molecular weight excluding hydrogens is 338 g/mol. The molecule has 2 aromatic rings. The number of carbonyl (C=O) groups excluding carboxylic acids is 2. The molecule has 0 bridgehead atoms. The van der Waals surface area contributed by atoms with Crippen LogP contribution in [0.1, 0.15) is 15.9 Å². The van der Waals surface area contributed by atoms with E-state index in [1.165, 1.54) is 10.5 Å². The number of piperazine rings is 1. The lowest BCUT2D eigenvalue weighted by molar-refractivity contribution is -0.917. The average molecular weight is 360 g/mol. The molecule has 1 saturated heterocycles. The van der Waals surface area contributed by atoms with Gasteiger partial charge in [0.1, 0.15) is 12.3 Å². The van der Waals surface area contributed by atoms with Gasteiger partial charge in [0.05, 0.1) is 31.7 Å². The van der Waals surface area contributed by atoms with Gasteiger partial charge in [0.15, 0.2) is 6.61 Å². The van der Waals surface area contributed by atoms with Crippen LogP contribution in [0.2, 0.25) is 0 Å². The van der Waals surface area contributed by atoms with Crippen LogP contribution >= 0.6 is 11.3 Å². The molecule has 2 heterocycles. The fourth-order valence-corrected chi connectivity index (χ4v) is 3.63. The number of carbonyl (C=O) groups is 2. The minimum Gasteiger partial charge on any atom is -0.483 e. The Hall–Kier alpha value is -2.38. The lowest BCUT2D eigenvalue weighted by Gasteiger charge is -2.32. The molecule has 25 heavy (non-hydrogen) atoms. The molecule has 1 aromatic heterocycles. The molecule has 1 aliphatic rings. The van der Waals surface area contributed by atoms with E-state index < -0.39 is 5.91 Å². The second kappa shape index (κ2) is 8.13. The van der Waals surface area contributed by atoms with Gasteiger partial charge in [-0.1, -0.05) is 12.1 Å². The smallest absolute Gasteiger partial charge is 0.260 e. The summed E-state index contributed by atoms with van der Waals surface area (Å²) < 4.78 is 5.53. The highest BCUT2D eigenvalue weighted by Crippen LogP contribution is 2.17. The number of thiophene rings is 1. The topological polar surface area (TPSA) is 77.1 Å². The summed E-state index contributed by atoms with van der Waals surface area (Å²) >= 11 is 1.71. The van der Waals surface area contributed by atoms with E-state index in [1.54, 1.807) is 35.6 Å². The Morgan fingerprint density at radius 2 is 1.96 bits per heavy atom. The molecule has 0 spiro atoms. The van der Waals surface area contributed by atoms with Gasteiger partial charge < -0.3 is 20.3 Å². The third kappa shape index (κ3) is 4.58. The monoisotopic (exact) mass is 360 g/mol. The highest BCUT2D eigenvalue weighted by molar-refractivity contribution is 7.07. The molecule has 0 unspecified atom stereocenters. The molecule has 1 aliphatic heterocycles. The number of amides is 2. The Bertz CT molecular complexity index is 725. The van der Waals surface area contributed by atoms with Gasteiger partial charge in [0.2, 0.25) is 0 Å². The Balaban J connectivity index is 1.48. The Morgan fingerprint density at radius 3 is 2.64 bits per heavy atom. The van der Waals surface area contributed by atoms with Gasteiger partial charge in [-0.2, -0.15) is 11.3 Å². The number of quaternary nitrogens is 1. The summed E-state index contributed by atoms with van der Waals surface area (Å²) in [5.74, 6) is -0.271. The number of rotatable bonds is 6. The van der Waals surface area contributed by atoms with Crippen LogP contribution in [0.25, 0.3) is 0 Å². The van der Waals surface area contributed by atoms with Crippen LogP contribution in [0.5, 0.6) is 5.75 Å². The first-order chi connectivity index (χ1) is 12.1. The molecule has 3 N–H and O–H groups in total. The number of hydrogen-bond donors (Lipinski definition) is 2. The molecule has 1 fully saturated rings. The third-order valence-electron chi connectivity index (χ3n) is 4.36. The summed E-state index contributed by atoms with van der Waals surface area (Å²) in [6, 6.07) is 8.85. The van der Waals surface area contributed by atoms with Crippen molar-refractivity contribution in [3.63, 3.8) is 0 Å². The number of hydrogen-bond acceptors (Lipinski definition) is 4. The van der Waals surface area contributed by atoms with Gasteiger partial charge in [-0.3, -0.25) is 9.59 Å². The van der Waals surface area contributed by atoms with Crippen molar-refractivity contribution in [3.8, 4) is 5.75 Å². The predicted molar refractivity (Wildman–Crippen MR) is 95.8 cm³/mol. The fourth-order valence-electron chi connectivity index (χ4n) is 2.96. The number of nitrogens with one attached hydrogen (secondary N) is 1. The largest absolute Gasteiger partial charge is 0.483 e. The van der Waals surface area contributed by atoms with Gasteiger partial charge in [-0.25, -0.2) is 0 Å². The molecule has 132 valence electrons. The van der Waals surface area contributed by atoms with Crippen LogP contribution < -0.4 is 15.4 Å². The van der Waals surface area contributed by atoms with E-state index in [0.29, 0.717) is 11.3 Å². The number of ether oxygens (including phenoxy) is 1. The molecule has 1 aromatic carbocycles. The summed E-state index contributed by atoms with van der Waals surface area (Å²) in [6.07, 6.45) is 0. The van der Waals surface area contributed by atoms with Gasteiger partial charge in [0, 0.05) is 5.56 Å². The fraction of sp³-hybridized carbons (Fsp3) is 0.333. The molecule has 0 aliphatic carbocycles. The van der Waals surface area contributed by atoms with Crippen molar-refractivity contribution in [3.05, 3.63) is 52.2 Å². The zero-order valence-corrected chi connectivity index (χ0v) is 14.8. The van der Waals surface area contributed by atoms with Crippen molar-refractivity contribution >= 4 is 23.2 Å². The van der Waals surface area contributed by atoms with Crippen LogP contribution in [-0.4, -0.2) is 49.5 Å². The molecule has 6 nitrogen and oxygen atoms in total. The standard InChI is InChI=1S/C18H21N3O3S/c19-18(23)15-3-1-2-4-16(15)24-12-17(22)21-8-6-20(7-9-21)11-14-5-10-25-13-14/h1-5,10,13H,6-9,11-12H2,(H2,19,23)/p+1. The van der Waals surface area contributed by atoms with Gasteiger partial charge in [-0.15, -0.1) is 0 Å². The minimum atomic E-state index is -0.561. The van der Waals surface area contributed by atoms with Crippen LogP contribution in [0.3, 0.4) is 0 Å². The summed E-state index contributed by atoms with van der Waals surface area (Å²) in [5.41, 5.74) is 6.96. The normalized spacial score (nSPS) is 15.1. The second-order valence-corrected chi connectivity index (χ2v) is 6.87. The van der Waals surface area contributed by atoms with E-state index >= 15 is 0 Å². The number of nitrogens with zero attached hydrogens (tertiary/aromatic N) is 1. The predicted octanol–water partition coefficient (Wildman–Crippen LogP) is 0.153. The molecule has 0 saturated carbocycles. The molecule has 3 rings (SSSR count). The summed E-state index contributed by atoms with van der Waals surface area (Å²) in [6.45, 7) is 4.23. The first kappa shape index (κ1) is 17.4. The van der Waals surface area contributed by atoms with Crippen molar-refractivity contribution in [2.75, 3.05) is 32.8 Å². The van der Waals surface area contributed by atoms with Crippen LogP contribution in [-0.2, 0) is 11.3 Å².